The third-order valence-corrected chi connectivity index (χ3v) is 4.61. The number of hydrogen-bond acceptors (Lipinski definition) is 3. The van der Waals surface area contributed by atoms with Crippen molar-refractivity contribution in [3.8, 4) is 11.5 Å². The molecule has 0 saturated carbocycles. The van der Waals surface area contributed by atoms with Gasteiger partial charge in [0, 0.05) is 0 Å². The Morgan fingerprint density at radius 1 is 1.23 bits per heavy atom. The van der Waals surface area contributed by atoms with Crippen molar-refractivity contribution in [3.05, 3.63) is 65.2 Å². The van der Waals surface area contributed by atoms with E-state index in [1.807, 2.05) is 43.3 Å². The lowest BCUT2D eigenvalue weighted by Crippen LogP contribution is -2.34. The van der Waals surface area contributed by atoms with Crippen LogP contribution in [0.15, 0.2) is 48.5 Å². The Hall–Kier alpha value is -2.75. The molecule has 0 fully saturated rings. The van der Waals surface area contributed by atoms with Gasteiger partial charge in [0.25, 0.3) is 5.91 Å². The number of carbonyl (C=O) groups is 1. The predicted octanol–water partition coefficient (Wildman–Crippen LogP) is 4.30. The molecule has 0 aliphatic heterocycles. The van der Waals surface area contributed by atoms with Gasteiger partial charge in [0.1, 0.15) is 0 Å². The summed E-state index contributed by atoms with van der Waals surface area (Å²) in [6.07, 6.45) is 7.08. The molecular weight excluding hydrogens is 326 g/mol. The minimum atomic E-state index is -0.119. The molecule has 0 aromatic heterocycles. The highest BCUT2D eigenvalue weighted by molar-refractivity contribution is 5.78. The van der Waals surface area contributed by atoms with Gasteiger partial charge in [-0.05, 0) is 55.0 Å². The van der Waals surface area contributed by atoms with Gasteiger partial charge in [-0.3, -0.25) is 4.79 Å². The van der Waals surface area contributed by atoms with E-state index in [1.165, 1.54) is 11.1 Å². The number of nitrogens with one attached hydrogen (secondary N) is 1. The first-order valence-electron chi connectivity index (χ1n) is 9.02. The molecule has 3 rings (SSSR count). The zero-order chi connectivity index (χ0) is 18.4. The van der Waals surface area contributed by atoms with Crippen LogP contribution < -0.4 is 14.8 Å². The summed E-state index contributed by atoms with van der Waals surface area (Å²) in [5, 5.41) is 3.10. The van der Waals surface area contributed by atoms with E-state index in [2.05, 4.69) is 23.5 Å². The van der Waals surface area contributed by atoms with Crippen LogP contribution in [0.3, 0.4) is 0 Å². The Bertz CT molecular complexity index is 798. The zero-order valence-electron chi connectivity index (χ0n) is 15.3. The summed E-state index contributed by atoms with van der Waals surface area (Å²) in [5.74, 6) is 1.07. The van der Waals surface area contributed by atoms with Crippen molar-refractivity contribution >= 4 is 12.0 Å². The van der Waals surface area contributed by atoms with Crippen LogP contribution in [-0.2, 0) is 11.2 Å². The SMILES string of the molecule is C/C=C/c1ccc(OCC(=O)N[C@H]2CCCc3ccccc32)c(OC)c1. The summed E-state index contributed by atoms with van der Waals surface area (Å²) in [4.78, 5) is 12.4. The maximum absolute atomic E-state index is 12.4. The second-order valence-corrected chi connectivity index (χ2v) is 6.41. The fourth-order valence-electron chi connectivity index (χ4n) is 3.38. The molecule has 4 heteroatoms. The summed E-state index contributed by atoms with van der Waals surface area (Å²) >= 11 is 0. The Morgan fingerprint density at radius 2 is 2.08 bits per heavy atom. The quantitative estimate of drug-likeness (QED) is 0.844. The normalized spacial score (nSPS) is 16.2. The van der Waals surface area contributed by atoms with Crippen molar-refractivity contribution in [1.29, 1.82) is 0 Å². The highest BCUT2D eigenvalue weighted by atomic mass is 16.5. The Kier molecular flexibility index (Phi) is 5.95. The minimum absolute atomic E-state index is 0.0298. The van der Waals surface area contributed by atoms with E-state index in [4.69, 9.17) is 9.47 Å². The van der Waals surface area contributed by atoms with Crippen molar-refractivity contribution < 1.29 is 14.3 Å². The van der Waals surface area contributed by atoms with Crippen LogP contribution in [0.2, 0.25) is 0 Å². The molecule has 1 aliphatic carbocycles. The molecule has 1 amide bonds. The topological polar surface area (TPSA) is 47.6 Å². The van der Waals surface area contributed by atoms with Crippen molar-refractivity contribution in [2.24, 2.45) is 0 Å². The summed E-state index contributed by atoms with van der Waals surface area (Å²) in [6, 6.07) is 14.0. The third-order valence-electron chi connectivity index (χ3n) is 4.61. The van der Waals surface area contributed by atoms with E-state index in [1.54, 1.807) is 7.11 Å². The number of amides is 1. The average Bonchev–Trinajstić information content (AvgIpc) is 2.67. The summed E-state index contributed by atoms with van der Waals surface area (Å²) in [7, 11) is 1.60. The van der Waals surface area contributed by atoms with Crippen molar-refractivity contribution in [2.45, 2.75) is 32.2 Å². The summed E-state index contributed by atoms with van der Waals surface area (Å²) in [6.45, 7) is 1.93. The van der Waals surface area contributed by atoms with E-state index in [-0.39, 0.29) is 18.6 Å². The van der Waals surface area contributed by atoms with Gasteiger partial charge in [0.05, 0.1) is 13.2 Å². The largest absolute Gasteiger partial charge is 0.493 e. The number of allylic oxidation sites excluding steroid dienone is 1. The molecule has 0 bridgehead atoms. The summed E-state index contributed by atoms with van der Waals surface area (Å²) < 4.78 is 11.1. The molecular formula is C22H25NO3. The van der Waals surface area contributed by atoms with Gasteiger partial charge in [-0.1, -0.05) is 42.5 Å². The van der Waals surface area contributed by atoms with Crippen LogP contribution in [0.1, 0.15) is 42.5 Å². The molecule has 2 aromatic rings. The van der Waals surface area contributed by atoms with Crippen LogP contribution >= 0.6 is 0 Å². The number of fused-ring (bicyclic) bond motifs is 1. The number of carbonyl (C=O) groups excluding carboxylic acids is 1. The molecule has 1 N–H and O–H groups in total. The van der Waals surface area contributed by atoms with E-state index < -0.39 is 0 Å². The lowest BCUT2D eigenvalue weighted by atomic mass is 9.88. The van der Waals surface area contributed by atoms with Crippen LogP contribution in [0.4, 0.5) is 0 Å². The molecule has 1 aliphatic rings. The average molecular weight is 351 g/mol. The molecule has 0 heterocycles. The van der Waals surface area contributed by atoms with Gasteiger partial charge in [0.2, 0.25) is 0 Å². The second kappa shape index (κ2) is 8.56. The first-order valence-corrected chi connectivity index (χ1v) is 9.02. The zero-order valence-corrected chi connectivity index (χ0v) is 15.3. The fourth-order valence-corrected chi connectivity index (χ4v) is 3.38. The molecule has 0 spiro atoms. The van der Waals surface area contributed by atoms with E-state index in [0.29, 0.717) is 11.5 Å². The standard InChI is InChI=1S/C22H25NO3/c1-3-7-16-12-13-20(21(14-16)25-2)26-15-22(24)23-19-11-6-9-17-8-4-5-10-18(17)19/h3-5,7-8,10,12-14,19H,6,9,11,15H2,1-2H3,(H,23,24)/b7-3+/t19-/m0/s1. The first kappa shape index (κ1) is 18.1. The van der Waals surface area contributed by atoms with Gasteiger partial charge >= 0.3 is 0 Å². The number of aryl methyl sites for hydroxylation is 1. The lowest BCUT2D eigenvalue weighted by Gasteiger charge is -2.26. The van der Waals surface area contributed by atoms with Gasteiger partial charge in [0.15, 0.2) is 18.1 Å². The number of rotatable bonds is 6. The molecule has 0 radical (unpaired) electrons. The third kappa shape index (κ3) is 4.26. The number of methoxy groups -OCH3 is 1. The number of hydrogen-bond donors (Lipinski definition) is 1. The lowest BCUT2D eigenvalue weighted by molar-refractivity contribution is -0.124. The Morgan fingerprint density at radius 3 is 2.88 bits per heavy atom. The van der Waals surface area contributed by atoms with E-state index >= 15 is 0 Å². The van der Waals surface area contributed by atoms with Crippen molar-refractivity contribution in [2.75, 3.05) is 13.7 Å². The highest BCUT2D eigenvalue weighted by Gasteiger charge is 2.21. The molecule has 1 atom stereocenters. The molecule has 0 saturated heterocycles. The van der Waals surface area contributed by atoms with E-state index in [9.17, 15) is 4.79 Å². The molecule has 26 heavy (non-hydrogen) atoms. The fraction of sp³-hybridized carbons (Fsp3) is 0.318. The smallest absolute Gasteiger partial charge is 0.258 e. The van der Waals surface area contributed by atoms with Gasteiger partial charge in [-0.2, -0.15) is 0 Å². The van der Waals surface area contributed by atoms with Gasteiger partial charge < -0.3 is 14.8 Å². The van der Waals surface area contributed by atoms with Gasteiger partial charge in [-0.15, -0.1) is 0 Å². The molecule has 4 nitrogen and oxygen atoms in total. The number of ether oxygens (including phenoxy) is 2. The predicted molar refractivity (Wildman–Crippen MR) is 103 cm³/mol. The Labute approximate surface area is 154 Å². The number of benzene rings is 2. The highest BCUT2D eigenvalue weighted by Crippen LogP contribution is 2.30. The maximum atomic E-state index is 12.4. The maximum Gasteiger partial charge on any atom is 0.258 e. The minimum Gasteiger partial charge on any atom is -0.493 e. The van der Waals surface area contributed by atoms with Gasteiger partial charge in [-0.25, -0.2) is 0 Å². The monoisotopic (exact) mass is 351 g/mol. The van der Waals surface area contributed by atoms with Crippen LogP contribution in [0.5, 0.6) is 11.5 Å². The van der Waals surface area contributed by atoms with Crippen molar-refractivity contribution in [3.63, 3.8) is 0 Å². The van der Waals surface area contributed by atoms with E-state index in [0.717, 1.165) is 24.8 Å². The second-order valence-electron chi connectivity index (χ2n) is 6.41. The van der Waals surface area contributed by atoms with Crippen LogP contribution in [-0.4, -0.2) is 19.6 Å². The molecule has 0 unspecified atom stereocenters. The van der Waals surface area contributed by atoms with Crippen molar-refractivity contribution in [1.82, 2.24) is 5.32 Å². The molecule has 2 aromatic carbocycles. The first-order chi connectivity index (χ1) is 12.7. The molecule has 136 valence electrons. The van der Waals surface area contributed by atoms with Crippen LogP contribution in [0, 0.1) is 0 Å². The Balaban J connectivity index is 1.61. The van der Waals surface area contributed by atoms with Crippen LogP contribution in [0.25, 0.3) is 6.08 Å². The summed E-state index contributed by atoms with van der Waals surface area (Å²) in [5.41, 5.74) is 3.58.